The van der Waals surface area contributed by atoms with Gasteiger partial charge in [-0.1, -0.05) is 12.1 Å². The Balaban J connectivity index is 1.93. The maximum Gasteiger partial charge on any atom is 0.586 e. The van der Waals surface area contributed by atoms with Crippen LogP contribution >= 0.6 is 11.3 Å². The van der Waals surface area contributed by atoms with Crippen molar-refractivity contribution in [2.24, 2.45) is 5.73 Å². The first-order valence-electron chi connectivity index (χ1n) is 5.24. The Bertz CT molecular complexity index is 571. The maximum absolute atomic E-state index is 12.9. The molecule has 1 aliphatic heterocycles. The molecule has 0 saturated heterocycles. The van der Waals surface area contributed by atoms with Gasteiger partial charge in [0.05, 0.1) is 6.04 Å². The molecular weight excluding hydrogens is 260 g/mol. The van der Waals surface area contributed by atoms with Gasteiger partial charge in [0, 0.05) is 4.88 Å². The summed E-state index contributed by atoms with van der Waals surface area (Å²) in [6.45, 7) is 0. The van der Waals surface area contributed by atoms with Gasteiger partial charge in [0.15, 0.2) is 11.5 Å². The molecule has 18 heavy (non-hydrogen) atoms. The lowest BCUT2D eigenvalue weighted by molar-refractivity contribution is -0.286. The summed E-state index contributed by atoms with van der Waals surface area (Å²) in [6, 6.07) is 8.02. The summed E-state index contributed by atoms with van der Waals surface area (Å²) in [4.78, 5) is 0.959. The topological polar surface area (TPSA) is 44.5 Å². The minimum atomic E-state index is -3.59. The van der Waals surface area contributed by atoms with E-state index in [-0.39, 0.29) is 17.5 Å². The number of halogens is 2. The van der Waals surface area contributed by atoms with Crippen LogP contribution in [0.2, 0.25) is 0 Å². The summed E-state index contributed by atoms with van der Waals surface area (Å²) in [6.07, 6.45) is -3.59. The van der Waals surface area contributed by atoms with Crippen molar-refractivity contribution < 1.29 is 18.3 Å². The number of nitrogens with two attached hydrogens (primary N) is 1. The molecule has 0 saturated carbocycles. The van der Waals surface area contributed by atoms with E-state index in [2.05, 4.69) is 9.47 Å². The number of hydrogen-bond donors (Lipinski definition) is 1. The van der Waals surface area contributed by atoms with Crippen molar-refractivity contribution in [3.8, 4) is 11.5 Å². The Kier molecular flexibility index (Phi) is 2.49. The van der Waals surface area contributed by atoms with Gasteiger partial charge in [0.25, 0.3) is 0 Å². The molecule has 0 amide bonds. The lowest BCUT2D eigenvalue weighted by Gasteiger charge is -2.10. The van der Waals surface area contributed by atoms with Gasteiger partial charge in [-0.2, -0.15) is 0 Å². The van der Waals surface area contributed by atoms with Gasteiger partial charge < -0.3 is 15.2 Å². The van der Waals surface area contributed by atoms with Crippen LogP contribution in [0.4, 0.5) is 8.78 Å². The minimum Gasteiger partial charge on any atom is -0.395 e. The standard InChI is InChI=1S/C12H9F2NO2S/c13-12(14)16-8-4-3-7(6-9(8)17-12)11(15)10-2-1-5-18-10/h1-6,11H,15H2/t11-/m1/s1. The number of hydrogen-bond acceptors (Lipinski definition) is 4. The first-order valence-corrected chi connectivity index (χ1v) is 6.12. The largest absolute Gasteiger partial charge is 0.586 e. The minimum absolute atomic E-state index is 0.0181. The second kappa shape index (κ2) is 3.93. The predicted molar refractivity (Wildman–Crippen MR) is 63.0 cm³/mol. The molecule has 0 unspecified atom stereocenters. The smallest absolute Gasteiger partial charge is 0.395 e. The third-order valence-corrected chi connectivity index (χ3v) is 3.59. The highest BCUT2D eigenvalue weighted by Gasteiger charge is 2.43. The summed E-state index contributed by atoms with van der Waals surface area (Å²) < 4.78 is 34.5. The van der Waals surface area contributed by atoms with Crippen LogP contribution in [-0.2, 0) is 0 Å². The molecule has 1 atom stereocenters. The van der Waals surface area contributed by atoms with Gasteiger partial charge in [-0.15, -0.1) is 20.1 Å². The normalized spacial score (nSPS) is 17.7. The van der Waals surface area contributed by atoms with Crippen LogP contribution in [0.25, 0.3) is 0 Å². The van der Waals surface area contributed by atoms with E-state index >= 15 is 0 Å². The van der Waals surface area contributed by atoms with Crippen molar-refractivity contribution in [2.75, 3.05) is 0 Å². The number of benzene rings is 1. The average molecular weight is 269 g/mol. The second-order valence-electron chi connectivity index (χ2n) is 3.87. The molecule has 1 aliphatic rings. The van der Waals surface area contributed by atoms with E-state index in [0.29, 0.717) is 5.56 Å². The lowest BCUT2D eigenvalue weighted by Crippen LogP contribution is -2.25. The Morgan fingerprint density at radius 2 is 1.94 bits per heavy atom. The summed E-state index contributed by atoms with van der Waals surface area (Å²) in [5.74, 6) is 0.0478. The number of thiophene rings is 1. The first-order chi connectivity index (χ1) is 8.55. The average Bonchev–Trinajstić information content (AvgIpc) is 2.91. The highest BCUT2D eigenvalue weighted by Crippen LogP contribution is 2.42. The molecule has 3 nitrogen and oxygen atoms in total. The Morgan fingerprint density at radius 1 is 1.17 bits per heavy atom. The van der Waals surface area contributed by atoms with Crippen molar-refractivity contribution in [1.82, 2.24) is 0 Å². The predicted octanol–water partition coefficient (Wildman–Crippen LogP) is 3.12. The van der Waals surface area contributed by atoms with Crippen LogP contribution in [0, 0.1) is 0 Å². The molecule has 2 N–H and O–H groups in total. The second-order valence-corrected chi connectivity index (χ2v) is 4.85. The Morgan fingerprint density at radius 3 is 2.67 bits per heavy atom. The fourth-order valence-corrected chi connectivity index (χ4v) is 2.55. The van der Waals surface area contributed by atoms with E-state index < -0.39 is 6.29 Å². The van der Waals surface area contributed by atoms with E-state index in [1.807, 2.05) is 17.5 Å². The summed E-state index contributed by atoms with van der Waals surface area (Å²) in [5, 5.41) is 1.91. The molecule has 0 bridgehead atoms. The van der Waals surface area contributed by atoms with Crippen molar-refractivity contribution in [2.45, 2.75) is 12.3 Å². The molecule has 0 aliphatic carbocycles. The quantitative estimate of drug-likeness (QED) is 0.911. The van der Waals surface area contributed by atoms with Gasteiger partial charge in [0.1, 0.15) is 0 Å². The Hall–Kier alpha value is -1.66. The summed E-state index contributed by atoms with van der Waals surface area (Å²) in [7, 11) is 0. The summed E-state index contributed by atoms with van der Waals surface area (Å²) >= 11 is 1.51. The number of alkyl halides is 2. The van der Waals surface area contributed by atoms with E-state index in [4.69, 9.17) is 5.73 Å². The number of ether oxygens (including phenoxy) is 2. The van der Waals surface area contributed by atoms with Gasteiger partial charge in [-0.25, -0.2) is 0 Å². The zero-order valence-corrected chi connectivity index (χ0v) is 9.92. The molecule has 1 aromatic carbocycles. The van der Waals surface area contributed by atoms with Gasteiger partial charge in [0.2, 0.25) is 0 Å². The molecule has 0 radical (unpaired) electrons. The molecule has 94 valence electrons. The lowest BCUT2D eigenvalue weighted by atomic mass is 10.1. The molecule has 1 aromatic heterocycles. The van der Waals surface area contributed by atoms with Crippen LogP contribution in [0.3, 0.4) is 0 Å². The monoisotopic (exact) mass is 269 g/mol. The molecule has 2 heterocycles. The molecule has 3 rings (SSSR count). The highest BCUT2D eigenvalue weighted by molar-refractivity contribution is 7.10. The van der Waals surface area contributed by atoms with Crippen LogP contribution in [-0.4, -0.2) is 6.29 Å². The van der Waals surface area contributed by atoms with Crippen molar-refractivity contribution in [1.29, 1.82) is 0 Å². The molecule has 0 fully saturated rings. The molecule has 6 heteroatoms. The van der Waals surface area contributed by atoms with Crippen LogP contribution in [0.15, 0.2) is 35.7 Å². The number of rotatable bonds is 2. The van der Waals surface area contributed by atoms with Crippen molar-refractivity contribution in [3.63, 3.8) is 0 Å². The van der Waals surface area contributed by atoms with Crippen LogP contribution in [0.5, 0.6) is 11.5 Å². The van der Waals surface area contributed by atoms with E-state index in [0.717, 1.165) is 4.88 Å². The molecule has 0 spiro atoms. The van der Waals surface area contributed by atoms with Crippen molar-refractivity contribution in [3.05, 3.63) is 46.2 Å². The van der Waals surface area contributed by atoms with E-state index in [1.54, 1.807) is 6.07 Å². The molecular formula is C12H9F2NO2S. The molecule has 2 aromatic rings. The van der Waals surface area contributed by atoms with Crippen molar-refractivity contribution >= 4 is 11.3 Å². The fourth-order valence-electron chi connectivity index (χ4n) is 1.79. The Labute approximate surface area is 106 Å². The van der Waals surface area contributed by atoms with Crippen LogP contribution in [0.1, 0.15) is 16.5 Å². The highest BCUT2D eigenvalue weighted by atomic mass is 32.1. The zero-order chi connectivity index (χ0) is 12.8. The van der Waals surface area contributed by atoms with E-state index in [9.17, 15) is 8.78 Å². The number of fused-ring (bicyclic) bond motifs is 1. The fraction of sp³-hybridized carbons (Fsp3) is 0.167. The van der Waals surface area contributed by atoms with Gasteiger partial charge >= 0.3 is 6.29 Å². The maximum atomic E-state index is 12.9. The van der Waals surface area contributed by atoms with E-state index in [1.165, 1.54) is 23.5 Å². The van der Waals surface area contributed by atoms with Crippen LogP contribution < -0.4 is 15.2 Å². The summed E-state index contributed by atoms with van der Waals surface area (Å²) in [5.41, 5.74) is 6.75. The third-order valence-electron chi connectivity index (χ3n) is 2.63. The SMILES string of the molecule is N[C@H](c1ccc2c(c1)OC(F)(F)O2)c1cccs1. The zero-order valence-electron chi connectivity index (χ0n) is 9.10. The first kappa shape index (κ1) is 11.4. The van der Waals surface area contributed by atoms with Gasteiger partial charge in [-0.3, -0.25) is 0 Å². The van der Waals surface area contributed by atoms with Gasteiger partial charge in [-0.05, 0) is 29.1 Å². The third kappa shape index (κ3) is 1.93.